The molecule has 0 amide bonds. The summed E-state index contributed by atoms with van der Waals surface area (Å²) in [5.41, 5.74) is 2.43. The molecule has 2 nitrogen and oxygen atoms in total. The van der Waals surface area contributed by atoms with Crippen LogP contribution in [0.15, 0.2) is 16.6 Å². The van der Waals surface area contributed by atoms with Gasteiger partial charge < -0.3 is 10.1 Å². The molecule has 0 unspecified atom stereocenters. The monoisotopic (exact) mass is 341 g/mol. The van der Waals surface area contributed by atoms with E-state index in [4.69, 9.17) is 4.74 Å². The van der Waals surface area contributed by atoms with Crippen molar-refractivity contribution >= 4 is 15.9 Å². The summed E-state index contributed by atoms with van der Waals surface area (Å²) in [4.78, 5) is 0. The minimum absolute atomic E-state index is 0.473. The molecule has 0 radical (unpaired) electrons. The van der Waals surface area contributed by atoms with Gasteiger partial charge >= 0.3 is 0 Å². The second kappa shape index (κ2) is 8.68. The molecular weight excluding hydrogens is 314 g/mol. The number of hydrogen-bond donors (Lipinski definition) is 1. The number of nitrogens with one attached hydrogen (secondary N) is 1. The quantitative estimate of drug-likeness (QED) is 0.712. The lowest BCUT2D eigenvalue weighted by molar-refractivity contribution is 0.236. The zero-order valence-corrected chi connectivity index (χ0v) is 15.0. The Bertz CT molecular complexity index is 414. The van der Waals surface area contributed by atoms with Crippen molar-refractivity contribution in [1.82, 2.24) is 5.32 Å². The molecule has 1 aromatic rings. The Morgan fingerprint density at radius 1 is 1.20 bits per heavy atom. The molecule has 1 aromatic carbocycles. The summed E-state index contributed by atoms with van der Waals surface area (Å²) < 4.78 is 7.25. The molecule has 0 fully saturated rings. The molecule has 114 valence electrons. The van der Waals surface area contributed by atoms with Gasteiger partial charge in [-0.1, -0.05) is 56.5 Å². The molecule has 20 heavy (non-hydrogen) atoms. The number of rotatable bonds is 8. The minimum atomic E-state index is 0.473. The first kappa shape index (κ1) is 17.5. The van der Waals surface area contributed by atoms with Gasteiger partial charge in [-0.3, -0.25) is 0 Å². The Labute approximate surface area is 132 Å². The zero-order chi connectivity index (χ0) is 15.1. The van der Waals surface area contributed by atoms with Gasteiger partial charge in [-0.05, 0) is 30.5 Å². The van der Waals surface area contributed by atoms with Crippen molar-refractivity contribution < 1.29 is 4.74 Å². The molecule has 0 heterocycles. The van der Waals surface area contributed by atoms with Gasteiger partial charge in [0.05, 0.1) is 6.61 Å². The van der Waals surface area contributed by atoms with E-state index in [1.54, 1.807) is 0 Å². The second-order valence-corrected chi connectivity index (χ2v) is 6.66. The van der Waals surface area contributed by atoms with Crippen LogP contribution in [-0.2, 0) is 6.54 Å². The Morgan fingerprint density at radius 3 is 2.40 bits per heavy atom. The fourth-order valence-electron chi connectivity index (χ4n) is 2.18. The fourth-order valence-corrected chi connectivity index (χ4v) is 2.80. The van der Waals surface area contributed by atoms with E-state index < -0.39 is 0 Å². The van der Waals surface area contributed by atoms with Crippen molar-refractivity contribution in [2.45, 2.75) is 60.0 Å². The van der Waals surface area contributed by atoms with Crippen molar-refractivity contribution in [1.29, 1.82) is 0 Å². The van der Waals surface area contributed by atoms with E-state index in [0.29, 0.717) is 12.0 Å². The Morgan fingerprint density at radius 2 is 1.85 bits per heavy atom. The summed E-state index contributed by atoms with van der Waals surface area (Å²) in [6.07, 6.45) is 2.34. The molecule has 1 N–H and O–H groups in total. The Balaban J connectivity index is 2.85. The lowest BCUT2D eigenvalue weighted by atomic mass is 10.0. The molecule has 0 saturated carbocycles. The van der Waals surface area contributed by atoms with Gasteiger partial charge in [-0.2, -0.15) is 0 Å². The molecule has 1 rings (SSSR count). The van der Waals surface area contributed by atoms with Crippen LogP contribution in [-0.4, -0.2) is 12.6 Å². The first-order valence-corrected chi connectivity index (χ1v) is 8.42. The highest BCUT2D eigenvalue weighted by atomic mass is 79.9. The highest BCUT2D eigenvalue weighted by Crippen LogP contribution is 2.29. The number of ether oxygens (including phenoxy) is 1. The first-order valence-electron chi connectivity index (χ1n) is 7.63. The van der Waals surface area contributed by atoms with Gasteiger partial charge in [0.1, 0.15) is 5.75 Å². The highest BCUT2D eigenvalue weighted by molar-refractivity contribution is 9.10. The average Bonchev–Trinajstić information content (AvgIpc) is 2.39. The molecule has 3 heteroatoms. The molecule has 0 atom stereocenters. The van der Waals surface area contributed by atoms with Crippen LogP contribution < -0.4 is 10.1 Å². The lowest BCUT2D eigenvalue weighted by Gasteiger charge is -2.19. The summed E-state index contributed by atoms with van der Waals surface area (Å²) in [5.74, 6) is 1.69. The number of aryl methyl sites for hydroxylation is 1. The maximum Gasteiger partial charge on any atom is 0.126 e. The molecule has 0 spiro atoms. The lowest BCUT2D eigenvalue weighted by Crippen LogP contribution is -2.22. The Hall–Kier alpha value is -0.540. The predicted octanol–water partition coefficient (Wildman–Crippen LogP) is 5.07. The van der Waals surface area contributed by atoms with Crippen LogP contribution in [0.4, 0.5) is 0 Å². The summed E-state index contributed by atoms with van der Waals surface area (Å²) in [6.45, 7) is 12.6. The van der Waals surface area contributed by atoms with E-state index in [0.717, 1.165) is 23.4 Å². The van der Waals surface area contributed by atoms with Crippen molar-refractivity contribution in [3.63, 3.8) is 0 Å². The van der Waals surface area contributed by atoms with Crippen LogP contribution in [0.3, 0.4) is 0 Å². The van der Waals surface area contributed by atoms with E-state index in [2.05, 4.69) is 68.0 Å². The number of hydrogen-bond acceptors (Lipinski definition) is 2. The van der Waals surface area contributed by atoms with Crippen molar-refractivity contribution in [3.8, 4) is 5.75 Å². The third kappa shape index (κ3) is 5.45. The summed E-state index contributed by atoms with van der Waals surface area (Å²) >= 11 is 3.58. The van der Waals surface area contributed by atoms with Gasteiger partial charge in [0, 0.05) is 22.6 Å². The molecule has 0 aliphatic heterocycles. The van der Waals surface area contributed by atoms with Crippen molar-refractivity contribution in [2.24, 2.45) is 5.92 Å². The molecule has 0 aromatic heterocycles. The summed E-state index contributed by atoms with van der Waals surface area (Å²) in [6, 6.07) is 4.76. The number of benzene rings is 1. The predicted molar refractivity (Wildman–Crippen MR) is 90.4 cm³/mol. The summed E-state index contributed by atoms with van der Waals surface area (Å²) in [5, 5.41) is 3.47. The van der Waals surface area contributed by atoms with Crippen LogP contribution in [0.25, 0.3) is 0 Å². The average molecular weight is 342 g/mol. The smallest absolute Gasteiger partial charge is 0.126 e. The van der Waals surface area contributed by atoms with Gasteiger partial charge in [-0.25, -0.2) is 0 Å². The van der Waals surface area contributed by atoms with Crippen molar-refractivity contribution in [3.05, 3.63) is 27.7 Å². The van der Waals surface area contributed by atoms with Crippen LogP contribution >= 0.6 is 15.9 Å². The number of halogens is 1. The topological polar surface area (TPSA) is 21.3 Å². The van der Waals surface area contributed by atoms with Gasteiger partial charge in [0.15, 0.2) is 0 Å². The molecule has 0 saturated heterocycles. The van der Waals surface area contributed by atoms with Crippen LogP contribution in [0.5, 0.6) is 5.75 Å². The normalized spacial score (nSPS) is 11.4. The van der Waals surface area contributed by atoms with E-state index >= 15 is 0 Å². The molecular formula is C17H28BrNO. The van der Waals surface area contributed by atoms with Gasteiger partial charge in [0.2, 0.25) is 0 Å². The summed E-state index contributed by atoms with van der Waals surface area (Å²) in [7, 11) is 0. The van der Waals surface area contributed by atoms with Crippen molar-refractivity contribution in [2.75, 3.05) is 6.61 Å². The van der Waals surface area contributed by atoms with E-state index in [9.17, 15) is 0 Å². The fraction of sp³-hybridized carbons (Fsp3) is 0.647. The largest absolute Gasteiger partial charge is 0.493 e. The molecule has 0 bridgehead atoms. The van der Waals surface area contributed by atoms with E-state index in [1.807, 2.05) is 0 Å². The molecule has 0 aliphatic carbocycles. The third-order valence-corrected chi connectivity index (χ3v) is 4.09. The second-order valence-electron chi connectivity index (χ2n) is 5.74. The minimum Gasteiger partial charge on any atom is -0.493 e. The van der Waals surface area contributed by atoms with Gasteiger partial charge in [-0.15, -0.1) is 0 Å². The maximum atomic E-state index is 6.14. The SMILES string of the molecule is CCC(CC)COc1c(C)cc(Br)cc1CNC(C)C. The van der Waals surface area contributed by atoms with E-state index in [-0.39, 0.29) is 0 Å². The highest BCUT2D eigenvalue weighted by Gasteiger charge is 2.12. The zero-order valence-electron chi connectivity index (χ0n) is 13.4. The maximum absolute atomic E-state index is 6.14. The van der Waals surface area contributed by atoms with Crippen LogP contribution in [0, 0.1) is 12.8 Å². The van der Waals surface area contributed by atoms with Crippen LogP contribution in [0.2, 0.25) is 0 Å². The third-order valence-electron chi connectivity index (χ3n) is 3.64. The van der Waals surface area contributed by atoms with Gasteiger partial charge in [0.25, 0.3) is 0 Å². The molecule has 0 aliphatic rings. The first-order chi connectivity index (χ1) is 9.47. The Kier molecular flexibility index (Phi) is 7.60. The van der Waals surface area contributed by atoms with Crippen LogP contribution in [0.1, 0.15) is 51.7 Å². The van der Waals surface area contributed by atoms with E-state index in [1.165, 1.54) is 24.0 Å². The standard InChI is InChI=1S/C17H28BrNO/c1-6-14(7-2)11-20-17-13(5)8-16(18)9-15(17)10-19-12(3)4/h8-9,12,14,19H,6-7,10-11H2,1-5H3.